The second kappa shape index (κ2) is 7.44. The number of hydrogen-bond donors (Lipinski definition) is 2. The molecule has 0 bridgehead atoms. The maximum Gasteiger partial charge on any atom is 0.223 e. The Kier molecular flexibility index (Phi) is 5.58. The van der Waals surface area contributed by atoms with E-state index in [9.17, 15) is 9.90 Å². The van der Waals surface area contributed by atoms with Crippen LogP contribution >= 0.6 is 0 Å². The molecule has 0 fully saturated rings. The van der Waals surface area contributed by atoms with Crippen molar-refractivity contribution in [1.82, 2.24) is 5.32 Å². The molecule has 0 aliphatic heterocycles. The lowest BCUT2D eigenvalue weighted by Gasteiger charge is -2.24. The Morgan fingerprint density at radius 3 is 2.57 bits per heavy atom. The molecule has 2 unspecified atom stereocenters. The van der Waals surface area contributed by atoms with Crippen molar-refractivity contribution in [2.75, 3.05) is 13.7 Å². The Morgan fingerprint density at radius 1 is 1.30 bits per heavy atom. The third kappa shape index (κ3) is 4.68. The van der Waals surface area contributed by atoms with Gasteiger partial charge in [-0.3, -0.25) is 4.79 Å². The van der Waals surface area contributed by atoms with Gasteiger partial charge < -0.3 is 19.6 Å². The summed E-state index contributed by atoms with van der Waals surface area (Å²) in [5.74, 6) is 1.14. The van der Waals surface area contributed by atoms with Crippen LogP contribution in [0.3, 0.4) is 0 Å². The predicted molar refractivity (Wildman–Crippen MR) is 86.8 cm³/mol. The van der Waals surface area contributed by atoms with E-state index < -0.39 is 5.60 Å². The molecule has 2 N–H and O–H groups in total. The van der Waals surface area contributed by atoms with Crippen LogP contribution in [-0.2, 0) is 15.1 Å². The topological polar surface area (TPSA) is 71.7 Å². The molecule has 0 radical (unpaired) electrons. The molecule has 23 heavy (non-hydrogen) atoms. The standard InChI is InChI=1S/C18H23NO4/c1-13-9-10-16(23-13)15(12-22-3)19-17(20)11-18(2,21)14-7-5-4-6-8-14/h4-10,15,21H,11-12H2,1-3H3,(H,19,20). The molecule has 0 aliphatic carbocycles. The third-order valence-electron chi connectivity index (χ3n) is 3.67. The summed E-state index contributed by atoms with van der Waals surface area (Å²) >= 11 is 0. The fraction of sp³-hybridized carbons (Fsp3) is 0.389. The molecular formula is C18H23NO4. The van der Waals surface area contributed by atoms with Gasteiger partial charge in [0, 0.05) is 7.11 Å². The number of carbonyl (C=O) groups is 1. The molecule has 1 amide bonds. The number of methoxy groups -OCH3 is 1. The van der Waals surface area contributed by atoms with Gasteiger partial charge in [-0.25, -0.2) is 0 Å². The van der Waals surface area contributed by atoms with Crippen molar-refractivity contribution in [1.29, 1.82) is 0 Å². The number of furan rings is 1. The van der Waals surface area contributed by atoms with E-state index in [0.717, 1.165) is 5.76 Å². The summed E-state index contributed by atoms with van der Waals surface area (Å²) in [5, 5.41) is 13.4. The minimum atomic E-state index is -1.23. The van der Waals surface area contributed by atoms with Crippen LogP contribution < -0.4 is 5.32 Å². The van der Waals surface area contributed by atoms with E-state index in [1.807, 2.05) is 37.3 Å². The van der Waals surface area contributed by atoms with Crippen molar-refractivity contribution >= 4 is 5.91 Å². The lowest BCUT2D eigenvalue weighted by Crippen LogP contribution is -2.36. The van der Waals surface area contributed by atoms with E-state index >= 15 is 0 Å². The van der Waals surface area contributed by atoms with E-state index in [4.69, 9.17) is 9.15 Å². The molecule has 2 aromatic rings. The minimum absolute atomic E-state index is 0.0447. The number of benzene rings is 1. The number of amides is 1. The number of aliphatic hydroxyl groups is 1. The Hall–Kier alpha value is -2.11. The van der Waals surface area contributed by atoms with Crippen LogP contribution in [0.2, 0.25) is 0 Å². The van der Waals surface area contributed by atoms with Gasteiger partial charge in [0.1, 0.15) is 17.6 Å². The van der Waals surface area contributed by atoms with E-state index in [1.54, 1.807) is 26.2 Å². The molecule has 1 heterocycles. The van der Waals surface area contributed by atoms with E-state index in [-0.39, 0.29) is 18.4 Å². The van der Waals surface area contributed by atoms with Crippen LogP contribution in [0.25, 0.3) is 0 Å². The fourth-order valence-corrected chi connectivity index (χ4v) is 2.46. The highest BCUT2D eigenvalue weighted by Crippen LogP contribution is 2.25. The summed E-state index contributed by atoms with van der Waals surface area (Å²) in [7, 11) is 1.56. The second-order valence-electron chi connectivity index (χ2n) is 5.84. The van der Waals surface area contributed by atoms with Crippen molar-refractivity contribution in [3.05, 3.63) is 59.5 Å². The van der Waals surface area contributed by atoms with Gasteiger partial charge in [-0.05, 0) is 31.5 Å². The molecule has 5 nitrogen and oxygen atoms in total. The molecule has 2 rings (SSSR count). The molecule has 0 spiro atoms. The average Bonchev–Trinajstić information content (AvgIpc) is 2.94. The number of ether oxygens (including phenoxy) is 1. The maximum atomic E-state index is 12.3. The van der Waals surface area contributed by atoms with Crippen molar-refractivity contribution in [2.45, 2.75) is 31.9 Å². The monoisotopic (exact) mass is 317 g/mol. The number of nitrogens with one attached hydrogen (secondary N) is 1. The Labute approximate surface area is 136 Å². The van der Waals surface area contributed by atoms with Crippen LogP contribution in [0.15, 0.2) is 46.9 Å². The van der Waals surface area contributed by atoms with Crippen molar-refractivity contribution in [2.24, 2.45) is 0 Å². The quantitative estimate of drug-likeness (QED) is 0.823. The van der Waals surface area contributed by atoms with Crippen molar-refractivity contribution in [3.63, 3.8) is 0 Å². The molecule has 0 saturated carbocycles. The van der Waals surface area contributed by atoms with Crippen molar-refractivity contribution < 1.29 is 19.1 Å². The second-order valence-corrected chi connectivity index (χ2v) is 5.84. The Balaban J connectivity index is 2.04. The average molecular weight is 317 g/mol. The fourth-order valence-electron chi connectivity index (χ4n) is 2.46. The highest BCUT2D eigenvalue weighted by Gasteiger charge is 2.28. The van der Waals surface area contributed by atoms with Crippen LogP contribution in [0.1, 0.15) is 36.5 Å². The summed E-state index contributed by atoms with van der Waals surface area (Å²) in [5.41, 5.74) is -0.533. The maximum absolute atomic E-state index is 12.3. The highest BCUT2D eigenvalue weighted by molar-refractivity contribution is 5.77. The first-order chi connectivity index (χ1) is 10.9. The van der Waals surface area contributed by atoms with Gasteiger partial charge >= 0.3 is 0 Å². The summed E-state index contributed by atoms with van der Waals surface area (Å²) in [6, 6.07) is 12.4. The van der Waals surface area contributed by atoms with E-state index in [1.165, 1.54) is 0 Å². The normalized spacial score (nSPS) is 15.0. The first-order valence-corrected chi connectivity index (χ1v) is 7.55. The summed E-state index contributed by atoms with van der Waals surface area (Å²) < 4.78 is 10.7. The zero-order valence-corrected chi connectivity index (χ0v) is 13.7. The summed E-state index contributed by atoms with van der Waals surface area (Å²) in [6.07, 6.45) is -0.0447. The number of hydrogen-bond acceptors (Lipinski definition) is 4. The van der Waals surface area contributed by atoms with Gasteiger partial charge in [-0.15, -0.1) is 0 Å². The Morgan fingerprint density at radius 2 is 2.00 bits per heavy atom. The van der Waals surface area contributed by atoms with Crippen LogP contribution in [0.5, 0.6) is 0 Å². The van der Waals surface area contributed by atoms with Crippen LogP contribution in [0, 0.1) is 6.92 Å². The first-order valence-electron chi connectivity index (χ1n) is 7.55. The first kappa shape index (κ1) is 17.2. The van der Waals surface area contributed by atoms with Gasteiger partial charge in [0.05, 0.1) is 18.6 Å². The lowest BCUT2D eigenvalue weighted by atomic mass is 9.92. The molecule has 0 aliphatic rings. The van der Waals surface area contributed by atoms with Crippen LogP contribution in [0.4, 0.5) is 0 Å². The van der Waals surface area contributed by atoms with Gasteiger partial charge in [0.2, 0.25) is 5.91 Å². The zero-order valence-electron chi connectivity index (χ0n) is 13.7. The molecular weight excluding hydrogens is 294 g/mol. The SMILES string of the molecule is COCC(NC(=O)CC(C)(O)c1ccccc1)c1ccc(C)o1. The van der Waals surface area contributed by atoms with Gasteiger partial charge in [0.15, 0.2) is 0 Å². The number of carbonyl (C=O) groups excluding carboxylic acids is 1. The highest BCUT2D eigenvalue weighted by atomic mass is 16.5. The smallest absolute Gasteiger partial charge is 0.223 e. The lowest BCUT2D eigenvalue weighted by molar-refractivity contribution is -0.127. The molecule has 1 aromatic heterocycles. The van der Waals surface area contributed by atoms with Gasteiger partial charge in [0.25, 0.3) is 0 Å². The molecule has 1 aromatic carbocycles. The molecule has 2 atom stereocenters. The third-order valence-corrected chi connectivity index (χ3v) is 3.67. The van der Waals surface area contributed by atoms with Crippen LogP contribution in [-0.4, -0.2) is 24.7 Å². The van der Waals surface area contributed by atoms with Gasteiger partial charge in [-0.2, -0.15) is 0 Å². The van der Waals surface area contributed by atoms with Crippen molar-refractivity contribution in [3.8, 4) is 0 Å². The van der Waals surface area contributed by atoms with E-state index in [0.29, 0.717) is 17.9 Å². The van der Waals surface area contributed by atoms with E-state index in [2.05, 4.69) is 5.32 Å². The predicted octanol–water partition coefficient (Wildman–Crippen LogP) is 2.69. The largest absolute Gasteiger partial charge is 0.464 e. The number of rotatable bonds is 7. The zero-order chi connectivity index (χ0) is 16.9. The van der Waals surface area contributed by atoms with Gasteiger partial charge in [-0.1, -0.05) is 30.3 Å². The molecule has 5 heteroatoms. The minimum Gasteiger partial charge on any atom is -0.464 e. The summed E-state index contributed by atoms with van der Waals surface area (Å²) in [4.78, 5) is 12.3. The molecule has 124 valence electrons. The number of aryl methyl sites for hydroxylation is 1. The molecule has 0 saturated heterocycles. The summed E-state index contributed by atoms with van der Waals surface area (Å²) in [6.45, 7) is 3.77. The Bertz CT molecular complexity index is 633.